The molecule has 3 aliphatic rings. The predicted molar refractivity (Wildman–Crippen MR) is 79.0 cm³/mol. The van der Waals surface area contributed by atoms with Crippen molar-refractivity contribution in [2.75, 3.05) is 0 Å². The molecule has 0 amide bonds. The van der Waals surface area contributed by atoms with Gasteiger partial charge in [-0.05, 0) is 73.1 Å². The summed E-state index contributed by atoms with van der Waals surface area (Å²) in [6.45, 7) is 2.04. The monoisotopic (exact) mass is 290 g/mol. The number of aryl methyl sites for hydroxylation is 1. The van der Waals surface area contributed by atoms with Crippen LogP contribution in [0.25, 0.3) is 0 Å². The number of hydrogen-bond donors (Lipinski definition) is 2. The molecule has 1 unspecified atom stereocenters. The van der Waals surface area contributed by atoms with Gasteiger partial charge in [0, 0.05) is 5.41 Å². The second-order valence-corrected chi connectivity index (χ2v) is 7.55. The average Bonchev–Trinajstić information content (AvgIpc) is 2.70. The van der Waals surface area contributed by atoms with Gasteiger partial charge in [0.05, 0.1) is 6.10 Å². The molecule has 4 rings (SSSR count). The Balaban J connectivity index is 1.71. The molecule has 2 nitrogen and oxygen atoms in total. The zero-order chi connectivity index (χ0) is 14.8. The van der Waals surface area contributed by atoms with Crippen LogP contribution >= 0.6 is 0 Å². The van der Waals surface area contributed by atoms with E-state index in [1.807, 2.05) is 13.0 Å². The van der Waals surface area contributed by atoms with Gasteiger partial charge in [0.2, 0.25) is 0 Å². The Morgan fingerprint density at radius 1 is 1.29 bits per heavy atom. The average molecular weight is 290 g/mol. The first-order valence-electron chi connectivity index (χ1n) is 8.14. The minimum atomic E-state index is -1.07. The van der Waals surface area contributed by atoms with Crippen LogP contribution in [-0.4, -0.2) is 22.5 Å². The lowest BCUT2D eigenvalue weighted by molar-refractivity contribution is -0.00292. The molecule has 2 saturated carbocycles. The third-order valence-corrected chi connectivity index (χ3v) is 6.61. The van der Waals surface area contributed by atoms with Gasteiger partial charge >= 0.3 is 0 Å². The van der Waals surface area contributed by atoms with E-state index >= 15 is 0 Å². The van der Waals surface area contributed by atoms with E-state index in [2.05, 4.69) is 6.07 Å². The first kappa shape index (κ1) is 13.6. The number of fused-ring (bicyclic) bond motifs is 5. The third kappa shape index (κ3) is 1.79. The van der Waals surface area contributed by atoms with Crippen molar-refractivity contribution >= 4 is 0 Å². The molecular formula is C18H23FO2. The topological polar surface area (TPSA) is 40.5 Å². The zero-order valence-corrected chi connectivity index (χ0v) is 12.4. The Kier molecular flexibility index (Phi) is 2.88. The van der Waals surface area contributed by atoms with Crippen molar-refractivity contribution < 1.29 is 14.6 Å². The van der Waals surface area contributed by atoms with Gasteiger partial charge in [0.25, 0.3) is 0 Å². The van der Waals surface area contributed by atoms with E-state index in [-0.39, 0.29) is 5.41 Å². The number of benzene rings is 1. The lowest BCUT2D eigenvalue weighted by Crippen LogP contribution is -2.43. The molecule has 0 aromatic heterocycles. The molecule has 6 atom stereocenters. The Bertz CT molecular complexity index is 572. The van der Waals surface area contributed by atoms with E-state index in [9.17, 15) is 14.6 Å². The molecule has 114 valence electrons. The Hall–Kier alpha value is -1.09. The summed E-state index contributed by atoms with van der Waals surface area (Å²) < 4.78 is 14.5. The van der Waals surface area contributed by atoms with E-state index in [0.717, 1.165) is 25.7 Å². The minimum absolute atomic E-state index is 0.295. The molecule has 3 aliphatic carbocycles. The van der Waals surface area contributed by atoms with Gasteiger partial charge in [-0.3, -0.25) is 0 Å². The summed E-state index contributed by atoms with van der Waals surface area (Å²) in [5.74, 6) is 1.59. The van der Waals surface area contributed by atoms with Crippen LogP contribution in [0.15, 0.2) is 18.2 Å². The van der Waals surface area contributed by atoms with Crippen LogP contribution in [0.2, 0.25) is 0 Å². The Morgan fingerprint density at radius 3 is 2.90 bits per heavy atom. The van der Waals surface area contributed by atoms with E-state index in [1.165, 1.54) is 11.1 Å². The van der Waals surface area contributed by atoms with Crippen molar-refractivity contribution in [3.8, 4) is 5.75 Å². The fourth-order valence-corrected chi connectivity index (χ4v) is 5.52. The van der Waals surface area contributed by atoms with Gasteiger partial charge in [-0.2, -0.15) is 0 Å². The number of alkyl halides is 1. The zero-order valence-electron chi connectivity index (χ0n) is 12.4. The number of phenols is 1. The molecule has 0 bridgehead atoms. The summed E-state index contributed by atoms with van der Waals surface area (Å²) in [6, 6.07) is 5.72. The van der Waals surface area contributed by atoms with Crippen molar-refractivity contribution in [3.63, 3.8) is 0 Å². The summed E-state index contributed by atoms with van der Waals surface area (Å²) in [7, 11) is 0. The number of aromatic hydroxyl groups is 1. The summed E-state index contributed by atoms with van der Waals surface area (Å²) in [5.41, 5.74) is 2.27. The van der Waals surface area contributed by atoms with Gasteiger partial charge in [-0.1, -0.05) is 13.0 Å². The summed E-state index contributed by atoms with van der Waals surface area (Å²) in [5, 5.41) is 19.7. The molecule has 0 saturated heterocycles. The number of rotatable bonds is 0. The van der Waals surface area contributed by atoms with Crippen LogP contribution in [0.5, 0.6) is 5.75 Å². The molecule has 1 aromatic rings. The summed E-state index contributed by atoms with van der Waals surface area (Å²) in [6.07, 6.45) is 2.65. The van der Waals surface area contributed by atoms with Crippen LogP contribution in [0, 0.1) is 17.3 Å². The second kappa shape index (κ2) is 4.45. The van der Waals surface area contributed by atoms with Crippen molar-refractivity contribution in [2.24, 2.45) is 17.3 Å². The smallest absolute Gasteiger partial charge is 0.131 e. The molecule has 21 heavy (non-hydrogen) atoms. The number of halogens is 1. The molecule has 0 radical (unpaired) electrons. The summed E-state index contributed by atoms with van der Waals surface area (Å²) in [4.78, 5) is 0. The van der Waals surface area contributed by atoms with E-state index < -0.39 is 12.3 Å². The summed E-state index contributed by atoms with van der Waals surface area (Å²) >= 11 is 0. The van der Waals surface area contributed by atoms with Crippen LogP contribution in [0.4, 0.5) is 4.39 Å². The van der Waals surface area contributed by atoms with Gasteiger partial charge in [-0.15, -0.1) is 0 Å². The molecule has 2 N–H and O–H groups in total. The van der Waals surface area contributed by atoms with Gasteiger partial charge < -0.3 is 10.2 Å². The van der Waals surface area contributed by atoms with E-state index in [0.29, 0.717) is 29.9 Å². The fraction of sp³-hybridized carbons (Fsp3) is 0.667. The van der Waals surface area contributed by atoms with Gasteiger partial charge in [0.15, 0.2) is 0 Å². The van der Waals surface area contributed by atoms with Crippen molar-refractivity contribution in [3.05, 3.63) is 29.3 Å². The molecule has 0 spiro atoms. The maximum atomic E-state index is 14.5. The molecule has 2 fully saturated rings. The second-order valence-electron chi connectivity index (χ2n) is 7.55. The third-order valence-electron chi connectivity index (χ3n) is 6.61. The molecule has 1 aromatic carbocycles. The highest BCUT2D eigenvalue weighted by molar-refractivity contribution is 5.40. The lowest BCUT2D eigenvalue weighted by atomic mass is 9.55. The lowest BCUT2D eigenvalue weighted by Gasteiger charge is -2.49. The van der Waals surface area contributed by atoms with Crippen molar-refractivity contribution in [1.82, 2.24) is 0 Å². The van der Waals surface area contributed by atoms with Crippen molar-refractivity contribution in [2.45, 2.75) is 57.2 Å². The molecule has 0 heterocycles. The molecule has 3 heteroatoms. The first-order chi connectivity index (χ1) is 10.0. The minimum Gasteiger partial charge on any atom is -0.508 e. The molecule has 0 aliphatic heterocycles. The number of aliphatic hydroxyl groups is 1. The largest absolute Gasteiger partial charge is 0.508 e. The first-order valence-corrected chi connectivity index (χ1v) is 8.14. The quantitative estimate of drug-likeness (QED) is 0.767. The van der Waals surface area contributed by atoms with Gasteiger partial charge in [-0.25, -0.2) is 4.39 Å². The maximum absolute atomic E-state index is 14.5. The van der Waals surface area contributed by atoms with Crippen LogP contribution < -0.4 is 0 Å². The number of hydrogen-bond acceptors (Lipinski definition) is 2. The van der Waals surface area contributed by atoms with Crippen LogP contribution in [0.3, 0.4) is 0 Å². The van der Waals surface area contributed by atoms with Crippen LogP contribution in [0.1, 0.15) is 49.7 Å². The predicted octanol–water partition coefficient (Wildman–Crippen LogP) is 3.56. The van der Waals surface area contributed by atoms with E-state index in [1.54, 1.807) is 6.07 Å². The number of phenolic OH excluding ortho intramolecular Hbond substituents is 1. The highest BCUT2D eigenvalue weighted by atomic mass is 19.1. The number of aliphatic hydroxyl groups excluding tert-OH is 1. The van der Waals surface area contributed by atoms with Crippen molar-refractivity contribution in [1.29, 1.82) is 0 Å². The Morgan fingerprint density at radius 2 is 2.10 bits per heavy atom. The highest BCUT2D eigenvalue weighted by Crippen LogP contribution is 2.61. The van der Waals surface area contributed by atoms with E-state index in [4.69, 9.17) is 0 Å². The van der Waals surface area contributed by atoms with Crippen LogP contribution in [-0.2, 0) is 6.42 Å². The van der Waals surface area contributed by atoms with Gasteiger partial charge in [0.1, 0.15) is 11.9 Å². The molecular weight excluding hydrogens is 267 g/mol. The fourth-order valence-electron chi connectivity index (χ4n) is 5.52. The highest BCUT2D eigenvalue weighted by Gasteiger charge is 2.58. The standard InChI is InChI=1S/C18H23FO2/c1-18-7-6-13-12-5-3-11(20)8-10(12)2-4-14(13)15(18)9-16(21)17(18)19/h3,5,8,13-17,20-21H,2,4,6-7,9H2,1H3/t13-,14-,15+,16?,17+,18+/m1/s1. The Labute approximate surface area is 125 Å². The maximum Gasteiger partial charge on any atom is 0.131 e. The SMILES string of the molecule is C[C@]12CC[C@@H]3c4ccc(O)cc4CC[C@H]3[C@@H]1CC(O)[C@@H]2F. The normalized spacial score (nSPS) is 44.8.